The number of hydrogen-bond acceptors (Lipinski definition) is 7. The van der Waals surface area contributed by atoms with Crippen LogP contribution in [0.2, 0.25) is 0 Å². The van der Waals surface area contributed by atoms with Crippen molar-refractivity contribution in [3.05, 3.63) is 12.2 Å². The Morgan fingerprint density at radius 3 is 1.75 bits per heavy atom. The van der Waals surface area contributed by atoms with Gasteiger partial charge < -0.3 is 33.5 Å². The van der Waals surface area contributed by atoms with Gasteiger partial charge in [-0.2, -0.15) is 0 Å². The maximum atomic E-state index is 9.60. The Balaban J connectivity index is 0.000000301. The summed E-state index contributed by atoms with van der Waals surface area (Å²) in [5, 5.41) is 7.89. The van der Waals surface area contributed by atoms with Crippen LogP contribution in [0.4, 0.5) is 0 Å². The number of aliphatic carboxylic acids is 1. The molecule has 3 rings (SSSR count). The molecule has 0 radical (unpaired) electrons. The Hall–Kier alpha value is -1.03. The predicted molar refractivity (Wildman–Crippen MR) is 83.0 cm³/mol. The zero-order valence-electron chi connectivity index (χ0n) is 14.0. The van der Waals surface area contributed by atoms with Gasteiger partial charge in [-0.3, -0.25) is 0 Å². The average molecular weight is 346 g/mol. The molecule has 8 nitrogen and oxygen atoms in total. The van der Waals surface area contributed by atoms with Crippen LogP contribution >= 0.6 is 0 Å². The van der Waals surface area contributed by atoms with Crippen molar-refractivity contribution in [1.29, 1.82) is 0 Å². The summed E-state index contributed by atoms with van der Waals surface area (Å²) in [6.07, 6.45) is 0.814. The first-order chi connectivity index (χ1) is 11.5. The third-order valence-corrected chi connectivity index (χ3v) is 3.30. The molecule has 0 bridgehead atoms. The second kappa shape index (κ2) is 10.1. The van der Waals surface area contributed by atoms with E-state index in [1.165, 1.54) is 6.92 Å². The van der Waals surface area contributed by atoms with Crippen molar-refractivity contribution in [2.24, 2.45) is 0 Å². The van der Waals surface area contributed by atoms with Crippen LogP contribution in [-0.2, 0) is 33.2 Å². The number of hydrogen-bond donors (Lipinski definition) is 1. The van der Waals surface area contributed by atoms with Gasteiger partial charge >= 0.3 is 5.97 Å². The van der Waals surface area contributed by atoms with E-state index in [9.17, 15) is 4.79 Å². The van der Waals surface area contributed by atoms with E-state index in [1.54, 1.807) is 0 Å². The molecule has 8 heteroatoms. The quantitative estimate of drug-likeness (QED) is 0.396. The van der Waals surface area contributed by atoms with Gasteiger partial charge in [0, 0.05) is 5.57 Å². The standard InChI is InChI=1S/C12H20O6.C4H6O2/c1(13-3-10-5-16-10)9(15-7-12-8-18-12)2-14-4-11-6-17-11;1-3(2)4(5)6/h9-12H,1-8H2;1H2,2H3,(H,5,6). The number of carboxylic acids is 1. The summed E-state index contributed by atoms with van der Waals surface area (Å²) in [6.45, 7) is 10.0. The van der Waals surface area contributed by atoms with E-state index in [4.69, 9.17) is 33.5 Å². The Morgan fingerprint density at radius 2 is 1.42 bits per heavy atom. The van der Waals surface area contributed by atoms with Crippen molar-refractivity contribution in [2.45, 2.75) is 31.3 Å². The van der Waals surface area contributed by atoms with Crippen LogP contribution in [0.3, 0.4) is 0 Å². The molecule has 1 N–H and O–H groups in total. The molecule has 0 saturated carbocycles. The molecule has 0 spiro atoms. The highest BCUT2D eigenvalue weighted by Gasteiger charge is 2.27. The SMILES string of the molecule is C(OCC1CO1)C(COCC1CO1)OCC1CO1.C=C(C)C(=O)O. The van der Waals surface area contributed by atoms with Gasteiger partial charge in [-0.1, -0.05) is 6.58 Å². The van der Waals surface area contributed by atoms with Gasteiger partial charge in [0.05, 0.1) is 52.9 Å². The highest BCUT2D eigenvalue weighted by Crippen LogP contribution is 2.13. The maximum absolute atomic E-state index is 9.60. The molecule has 0 aromatic heterocycles. The minimum Gasteiger partial charge on any atom is -0.478 e. The fraction of sp³-hybridized carbons (Fsp3) is 0.812. The molecule has 0 aliphatic carbocycles. The van der Waals surface area contributed by atoms with Crippen molar-refractivity contribution in [3.63, 3.8) is 0 Å². The summed E-state index contributed by atoms with van der Waals surface area (Å²) in [4.78, 5) is 9.60. The lowest BCUT2D eigenvalue weighted by atomic mass is 10.4. The van der Waals surface area contributed by atoms with Crippen LogP contribution in [-0.4, -0.2) is 88.3 Å². The zero-order valence-corrected chi connectivity index (χ0v) is 14.0. The summed E-state index contributed by atoms with van der Waals surface area (Å²) in [6, 6.07) is 0. The van der Waals surface area contributed by atoms with Crippen molar-refractivity contribution >= 4 is 5.97 Å². The Kier molecular flexibility index (Phi) is 8.10. The lowest BCUT2D eigenvalue weighted by molar-refractivity contribution is -0.132. The fourth-order valence-corrected chi connectivity index (χ4v) is 1.54. The van der Waals surface area contributed by atoms with Crippen LogP contribution in [0.5, 0.6) is 0 Å². The smallest absolute Gasteiger partial charge is 0.330 e. The third-order valence-electron chi connectivity index (χ3n) is 3.30. The minimum atomic E-state index is -0.935. The molecule has 24 heavy (non-hydrogen) atoms. The first-order valence-electron chi connectivity index (χ1n) is 8.05. The summed E-state index contributed by atoms with van der Waals surface area (Å²) in [5.74, 6) is -0.935. The maximum Gasteiger partial charge on any atom is 0.330 e. The molecule has 3 unspecified atom stereocenters. The topological polar surface area (TPSA) is 103 Å². The van der Waals surface area contributed by atoms with Crippen molar-refractivity contribution in [1.82, 2.24) is 0 Å². The molecule has 3 atom stereocenters. The molecule has 3 aliphatic heterocycles. The van der Waals surface area contributed by atoms with Crippen LogP contribution in [0.25, 0.3) is 0 Å². The second-order valence-corrected chi connectivity index (χ2v) is 5.98. The van der Waals surface area contributed by atoms with Crippen LogP contribution in [0.15, 0.2) is 12.2 Å². The normalized spacial score (nSPS) is 27.6. The summed E-state index contributed by atoms with van der Waals surface area (Å²) in [7, 11) is 0. The highest BCUT2D eigenvalue weighted by atomic mass is 16.6. The first kappa shape index (κ1) is 19.3. The number of carbonyl (C=O) groups is 1. The van der Waals surface area contributed by atoms with Gasteiger partial charge in [0.25, 0.3) is 0 Å². The molecule has 3 heterocycles. The predicted octanol–water partition coefficient (Wildman–Crippen LogP) is 0.248. The fourth-order valence-electron chi connectivity index (χ4n) is 1.54. The summed E-state index contributed by atoms with van der Waals surface area (Å²) >= 11 is 0. The molecule has 3 fully saturated rings. The van der Waals surface area contributed by atoms with Gasteiger partial charge in [0.2, 0.25) is 0 Å². The molecule has 0 amide bonds. The molecule has 3 saturated heterocycles. The van der Waals surface area contributed by atoms with Gasteiger partial charge in [-0.05, 0) is 6.92 Å². The summed E-state index contributed by atoms with van der Waals surface area (Å²) in [5.41, 5.74) is 0.176. The zero-order chi connectivity index (χ0) is 17.4. The molecule has 138 valence electrons. The monoisotopic (exact) mass is 346 g/mol. The van der Waals surface area contributed by atoms with Crippen molar-refractivity contribution in [2.75, 3.05) is 52.9 Å². The van der Waals surface area contributed by atoms with E-state index in [2.05, 4.69) is 6.58 Å². The van der Waals surface area contributed by atoms with Gasteiger partial charge in [0.1, 0.15) is 24.4 Å². The van der Waals surface area contributed by atoms with E-state index in [-0.39, 0.29) is 30.0 Å². The average Bonchev–Trinajstić information content (AvgIpc) is 3.35. The molecule has 3 aliphatic rings. The number of carboxylic acid groups (broad SMARTS) is 1. The Bertz CT molecular complexity index is 371. The highest BCUT2D eigenvalue weighted by molar-refractivity contribution is 5.84. The summed E-state index contributed by atoms with van der Waals surface area (Å²) < 4.78 is 32.1. The van der Waals surface area contributed by atoms with Crippen molar-refractivity contribution in [3.8, 4) is 0 Å². The van der Waals surface area contributed by atoms with E-state index in [0.717, 1.165) is 19.8 Å². The van der Waals surface area contributed by atoms with E-state index in [0.29, 0.717) is 33.0 Å². The molecular weight excluding hydrogens is 320 g/mol. The second-order valence-electron chi connectivity index (χ2n) is 5.98. The Labute approximate surface area is 141 Å². The van der Waals surface area contributed by atoms with Gasteiger partial charge in [-0.25, -0.2) is 4.79 Å². The van der Waals surface area contributed by atoms with E-state index in [1.807, 2.05) is 0 Å². The Morgan fingerprint density at radius 1 is 1.04 bits per heavy atom. The van der Waals surface area contributed by atoms with Crippen LogP contribution in [0, 0.1) is 0 Å². The first-order valence-corrected chi connectivity index (χ1v) is 8.05. The lowest BCUT2D eigenvalue weighted by Crippen LogP contribution is -2.28. The third kappa shape index (κ3) is 9.96. The number of epoxide rings is 3. The number of ether oxygens (including phenoxy) is 6. The van der Waals surface area contributed by atoms with E-state index >= 15 is 0 Å². The van der Waals surface area contributed by atoms with E-state index < -0.39 is 5.97 Å². The molecule has 0 aromatic carbocycles. The minimum absolute atomic E-state index is 0.0355. The van der Waals surface area contributed by atoms with Gasteiger partial charge in [0.15, 0.2) is 0 Å². The number of rotatable bonds is 12. The lowest BCUT2D eigenvalue weighted by Gasteiger charge is -2.17. The van der Waals surface area contributed by atoms with Gasteiger partial charge in [-0.15, -0.1) is 0 Å². The van der Waals surface area contributed by atoms with Crippen LogP contribution in [0.1, 0.15) is 6.92 Å². The largest absolute Gasteiger partial charge is 0.478 e. The molecule has 0 aromatic rings. The van der Waals surface area contributed by atoms with Crippen LogP contribution < -0.4 is 0 Å². The molecular formula is C16H26O8. The van der Waals surface area contributed by atoms with Crippen molar-refractivity contribution < 1.29 is 38.3 Å².